The minimum atomic E-state index is 0.0735. The van der Waals surface area contributed by atoms with E-state index in [2.05, 4.69) is 16.5 Å². The number of benzene rings is 1. The molecule has 0 bridgehead atoms. The highest BCUT2D eigenvalue weighted by Crippen LogP contribution is 2.28. The van der Waals surface area contributed by atoms with Crippen molar-refractivity contribution in [1.29, 1.82) is 0 Å². The molecule has 1 aliphatic rings. The Morgan fingerprint density at radius 3 is 2.73 bits per heavy atom. The van der Waals surface area contributed by atoms with Gasteiger partial charge in [0.2, 0.25) is 0 Å². The molecule has 1 unspecified atom stereocenters. The summed E-state index contributed by atoms with van der Waals surface area (Å²) in [5.74, 6) is 2.20. The van der Waals surface area contributed by atoms with Crippen molar-refractivity contribution in [3.63, 3.8) is 0 Å². The summed E-state index contributed by atoms with van der Waals surface area (Å²) in [6.45, 7) is 5.20. The number of hydrogen-bond donors (Lipinski definition) is 0. The highest BCUT2D eigenvalue weighted by atomic mass is 16.5. The molecule has 1 amide bonds. The van der Waals surface area contributed by atoms with Crippen LogP contribution in [0.4, 0.5) is 0 Å². The second kappa shape index (κ2) is 8.36. The molecule has 0 N–H and O–H groups in total. The zero-order valence-corrected chi connectivity index (χ0v) is 15.8. The number of carbonyl (C=O) groups excluding carboxylic acids is 1. The van der Waals surface area contributed by atoms with E-state index in [0.29, 0.717) is 12.1 Å². The maximum atomic E-state index is 12.8. The summed E-state index contributed by atoms with van der Waals surface area (Å²) in [7, 11) is 3.35. The Morgan fingerprint density at radius 1 is 1.27 bits per heavy atom. The van der Waals surface area contributed by atoms with E-state index in [1.807, 2.05) is 35.4 Å². The fourth-order valence-electron chi connectivity index (χ4n) is 3.53. The van der Waals surface area contributed by atoms with Crippen molar-refractivity contribution in [1.82, 2.24) is 14.5 Å². The van der Waals surface area contributed by atoms with Gasteiger partial charge in [-0.1, -0.05) is 0 Å². The lowest BCUT2D eigenvalue weighted by atomic mass is 10.1. The predicted octanol–water partition coefficient (Wildman–Crippen LogP) is 2.87. The van der Waals surface area contributed by atoms with Crippen LogP contribution in [0.2, 0.25) is 0 Å². The second-order valence-electron chi connectivity index (χ2n) is 6.72. The molecule has 6 nitrogen and oxygen atoms in total. The minimum absolute atomic E-state index is 0.0735. The third-order valence-electron chi connectivity index (χ3n) is 4.99. The van der Waals surface area contributed by atoms with Gasteiger partial charge >= 0.3 is 0 Å². The van der Waals surface area contributed by atoms with Crippen molar-refractivity contribution in [2.45, 2.75) is 32.2 Å². The van der Waals surface area contributed by atoms with Crippen LogP contribution in [0.15, 0.2) is 30.5 Å². The Labute approximate surface area is 154 Å². The van der Waals surface area contributed by atoms with E-state index in [1.54, 1.807) is 14.2 Å². The third kappa shape index (κ3) is 3.90. The van der Waals surface area contributed by atoms with E-state index in [1.165, 1.54) is 0 Å². The van der Waals surface area contributed by atoms with Gasteiger partial charge in [-0.2, -0.15) is 0 Å². The van der Waals surface area contributed by atoms with E-state index in [-0.39, 0.29) is 11.8 Å². The molecule has 1 fully saturated rings. The molecule has 0 aliphatic carbocycles. The number of aryl methyl sites for hydroxylation is 1. The van der Waals surface area contributed by atoms with Crippen molar-refractivity contribution in [2.24, 2.45) is 0 Å². The summed E-state index contributed by atoms with van der Waals surface area (Å²) in [6, 6.07) is 7.30. The van der Waals surface area contributed by atoms with Crippen LogP contribution in [0.3, 0.4) is 0 Å². The van der Waals surface area contributed by atoms with Gasteiger partial charge in [0.25, 0.3) is 5.91 Å². The van der Waals surface area contributed by atoms with Gasteiger partial charge in [0, 0.05) is 56.7 Å². The molecule has 0 radical (unpaired) electrons. The van der Waals surface area contributed by atoms with Crippen LogP contribution in [-0.4, -0.2) is 54.3 Å². The molecule has 26 heavy (non-hydrogen) atoms. The van der Waals surface area contributed by atoms with Gasteiger partial charge in [-0.25, -0.2) is 4.98 Å². The highest BCUT2D eigenvalue weighted by molar-refractivity contribution is 5.94. The quantitative estimate of drug-likeness (QED) is 0.715. The molecular formula is C20H27N3O3. The predicted molar refractivity (Wildman–Crippen MR) is 99.7 cm³/mol. The summed E-state index contributed by atoms with van der Waals surface area (Å²) in [4.78, 5) is 19.3. The van der Waals surface area contributed by atoms with Crippen LogP contribution >= 0.6 is 0 Å². The first-order valence-corrected chi connectivity index (χ1v) is 9.08. The van der Waals surface area contributed by atoms with Crippen LogP contribution in [0.1, 0.15) is 40.6 Å². The molecular weight excluding hydrogens is 330 g/mol. The number of rotatable bonds is 7. The number of aromatic nitrogens is 2. The van der Waals surface area contributed by atoms with Crippen LogP contribution in [0, 0.1) is 6.92 Å². The highest BCUT2D eigenvalue weighted by Gasteiger charge is 2.30. The van der Waals surface area contributed by atoms with Crippen LogP contribution in [0.5, 0.6) is 5.75 Å². The summed E-state index contributed by atoms with van der Waals surface area (Å²) >= 11 is 0. The van der Waals surface area contributed by atoms with Gasteiger partial charge in [0.1, 0.15) is 11.6 Å². The smallest absolute Gasteiger partial charge is 0.253 e. The summed E-state index contributed by atoms with van der Waals surface area (Å²) in [5.41, 5.74) is 1.86. The molecule has 6 heteroatoms. The zero-order valence-electron chi connectivity index (χ0n) is 15.8. The van der Waals surface area contributed by atoms with Gasteiger partial charge in [0.15, 0.2) is 0 Å². The molecule has 3 rings (SSSR count). The number of imidazole rings is 1. The van der Waals surface area contributed by atoms with E-state index in [0.717, 1.165) is 49.8 Å². The van der Waals surface area contributed by atoms with Crippen LogP contribution in [-0.2, 0) is 11.3 Å². The number of nitrogens with zero attached hydrogens (tertiary/aromatic N) is 3. The SMILES string of the molecule is COCCCn1c(C)cnc1C1CCN(C(=O)c2ccc(OC)cc2)C1. The first kappa shape index (κ1) is 18.5. The summed E-state index contributed by atoms with van der Waals surface area (Å²) in [5, 5.41) is 0. The lowest BCUT2D eigenvalue weighted by molar-refractivity contribution is 0.0790. The van der Waals surface area contributed by atoms with E-state index in [4.69, 9.17) is 9.47 Å². The molecule has 1 aliphatic heterocycles. The topological polar surface area (TPSA) is 56.6 Å². The summed E-state index contributed by atoms with van der Waals surface area (Å²) in [6.07, 6.45) is 3.83. The van der Waals surface area contributed by atoms with Crippen molar-refractivity contribution < 1.29 is 14.3 Å². The van der Waals surface area contributed by atoms with E-state index in [9.17, 15) is 4.79 Å². The number of hydrogen-bond acceptors (Lipinski definition) is 4. The van der Waals surface area contributed by atoms with Gasteiger partial charge in [-0.3, -0.25) is 4.79 Å². The van der Waals surface area contributed by atoms with Crippen molar-refractivity contribution in [3.8, 4) is 5.75 Å². The average Bonchev–Trinajstić information content (AvgIpc) is 3.29. The maximum Gasteiger partial charge on any atom is 0.253 e. The summed E-state index contributed by atoms with van der Waals surface area (Å²) < 4.78 is 12.6. The van der Waals surface area contributed by atoms with Gasteiger partial charge in [-0.15, -0.1) is 0 Å². The fourth-order valence-corrected chi connectivity index (χ4v) is 3.53. The molecule has 1 aromatic heterocycles. The number of carbonyl (C=O) groups is 1. The number of likely N-dealkylation sites (tertiary alicyclic amines) is 1. The Hall–Kier alpha value is -2.34. The number of ether oxygens (including phenoxy) is 2. The van der Waals surface area contributed by atoms with E-state index < -0.39 is 0 Å². The molecule has 1 aromatic carbocycles. The standard InChI is InChI=1S/C20H27N3O3/c1-15-13-21-19(23(15)10-4-12-25-2)17-9-11-22(14-17)20(24)16-5-7-18(26-3)8-6-16/h5-8,13,17H,4,9-12,14H2,1-3H3. The first-order valence-electron chi connectivity index (χ1n) is 9.08. The molecule has 1 atom stereocenters. The minimum Gasteiger partial charge on any atom is -0.497 e. The maximum absolute atomic E-state index is 12.8. The Morgan fingerprint density at radius 2 is 2.04 bits per heavy atom. The monoisotopic (exact) mass is 357 g/mol. The fraction of sp³-hybridized carbons (Fsp3) is 0.500. The van der Waals surface area contributed by atoms with Crippen LogP contribution in [0.25, 0.3) is 0 Å². The van der Waals surface area contributed by atoms with Gasteiger partial charge in [-0.05, 0) is 44.0 Å². The lowest BCUT2D eigenvalue weighted by Crippen LogP contribution is -2.28. The average molecular weight is 357 g/mol. The first-order chi connectivity index (χ1) is 12.6. The molecule has 1 saturated heterocycles. The Bertz CT molecular complexity index is 739. The second-order valence-corrected chi connectivity index (χ2v) is 6.72. The normalized spacial score (nSPS) is 16.9. The molecule has 140 valence electrons. The largest absolute Gasteiger partial charge is 0.497 e. The van der Waals surface area contributed by atoms with Crippen molar-refractivity contribution in [2.75, 3.05) is 33.9 Å². The Kier molecular flexibility index (Phi) is 5.93. The van der Waals surface area contributed by atoms with Gasteiger partial charge < -0.3 is 18.9 Å². The van der Waals surface area contributed by atoms with Crippen molar-refractivity contribution >= 4 is 5.91 Å². The molecule has 0 saturated carbocycles. The van der Waals surface area contributed by atoms with Crippen LogP contribution < -0.4 is 4.74 Å². The Balaban J connectivity index is 1.67. The number of amides is 1. The molecule has 2 heterocycles. The third-order valence-corrected chi connectivity index (χ3v) is 4.99. The van der Waals surface area contributed by atoms with E-state index >= 15 is 0 Å². The van der Waals surface area contributed by atoms with Gasteiger partial charge in [0.05, 0.1) is 7.11 Å². The number of methoxy groups -OCH3 is 2. The molecule has 2 aromatic rings. The lowest BCUT2D eigenvalue weighted by Gasteiger charge is -2.18. The zero-order chi connectivity index (χ0) is 18.5. The molecule has 0 spiro atoms. The van der Waals surface area contributed by atoms with Crippen molar-refractivity contribution in [3.05, 3.63) is 47.5 Å².